The van der Waals surface area contributed by atoms with E-state index in [-0.39, 0.29) is 0 Å². The molecule has 0 bridgehead atoms. The fourth-order valence-corrected chi connectivity index (χ4v) is 4.55. The summed E-state index contributed by atoms with van der Waals surface area (Å²) in [6, 6.07) is 15.8. The van der Waals surface area contributed by atoms with E-state index in [1.54, 1.807) is 0 Å². The number of benzene rings is 2. The quantitative estimate of drug-likeness (QED) is 0.564. The van der Waals surface area contributed by atoms with E-state index in [1.807, 2.05) is 36.4 Å². The third-order valence-electron chi connectivity index (χ3n) is 6.36. The molecular formula is C25H32O6. The van der Waals surface area contributed by atoms with Gasteiger partial charge in [-0.25, -0.2) is 0 Å². The molecule has 31 heavy (non-hydrogen) atoms. The Morgan fingerprint density at radius 2 is 1.58 bits per heavy atom. The Hall–Kier alpha value is -1.96. The van der Waals surface area contributed by atoms with Crippen LogP contribution < -0.4 is 4.74 Å². The molecule has 6 heteroatoms. The summed E-state index contributed by atoms with van der Waals surface area (Å²) in [6.45, 7) is -0.434. The Morgan fingerprint density at radius 3 is 2.29 bits per heavy atom. The van der Waals surface area contributed by atoms with Crippen molar-refractivity contribution in [2.75, 3.05) is 6.61 Å². The second kappa shape index (κ2) is 10.1. The van der Waals surface area contributed by atoms with E-state index in [4.69, 9.17) is 9.47 Å². The predicted molar refractivity (Wildman–Crippen MR) is 116 cm³/mol. The van der Waals surface area contributed by atoms with Crippen molar-refractivity contribution in [2.45, 2.75) is 75.1 Å². The van der Waals surface area contributed by atoms with Gasteiger partial charge in [-0.15, -0.1) is 0 Å². The number of rotatable bonds is 6. The van der Waals surface area contributed by atoms with Gasteiger partial charge < -0.3 is 29.9 Å². The van der Waals surface area contributed by atoms with Crippen LogP contribution in [0.3, 0.4) is 0 Å². The molecule has 168 valence electrons. The summed E-state index contributed by atoms with van der Waals surface area (Å²) in [4.78, 5) is 0. The molecule has 1 heterocycles. The molecule has 0 radical (unpaired) electrons. The van der Waals surface area contributed by atoms with Crippen LogP contribution in [0.4, 0.5) is 0 Å². The highest BCUT2D eigenvalue weighted by Gasteiger charge is 2.43. The van der Waals surface area contributed by atoms with E-state index in [0.29, 0.717) is 18.1 Å². The van der Waals surface area contributed by atoms with E-state index in [0.717, 1.165) is 29.7 Å². The maximum Gasteiger partial charge on any atom is 0.119 e. The third kappa shape index (κ3) is 5.27. The topological polar surface area (TPSA) is 99.4 Å². The lowest BCUT2D eigenvalue weighted by Gasteiger charge is -2.40. The summed E-state index contributed by atoms with van der Waals surface area (Å²) >= 11 is 0. The number of aliphatic hydroxyl groups is 4. The Kier molecular flexibility index (Phi) is 7.25. The zero-order valence-electron chi connectivity index (χ0n) is 17.6. The third-order valence-corrected chi connectivity index (χ3v) is 6.36. The number of hydrogen-bond acceptors (Lipinski definition) is 6. The molecule has 0 unspecified atom stereocenters. The van der Waals surface area contributed by atoms with Crippen molar-refractivity contribution in [2.24, 2.45) is 0 Å². The van der Waals surface area contributed by atoms with Crippen molar-refractivity contribution in [3.05, 3.63) is 65.2 Å². The van der Waals surface area contributed by atoms with Gasteiger partial charge in [0.15, 0.2) is 0 Å². The molecule has 0 spiro atoms. The molecule has 1 aliphatic heterocycles. The second-order valence-corrected chi connectivity index (χ2v) is 8.69. The molecule has 4 rings (SSSR count). The van der Waals surface area contributed by atoms with Crippen LogP contribution in [0.1, 0.15) is 54.9 Å². The summed E-state index contributed by atoms with van der Waals surface area (Å²) < 4.78 is 11.8. The van der Waals surface area contributed by atoms with Crippen LogP contribution in [0, 0.1) is 0 Å². The van der Waals surface area contributed by atoms with Crippen molar-refractivity contribution in [1.82, 2.24) is 0 Å². The van der Waals surface area contributed by atoms with Gasteiger partial charge in [0.05, 0.1) is 12.7 Å². The van der Waals surface area contributed by atoms with Gasteiger partial charge in [-0.3, -0.25) is 0 Å². The highest BCUT2D eigenvalue weighted by Crippen LogP contribution is 2.33. The van der Waals surface area contributed by atoms with Crippen molar-refractivity contribution in [3.63, 3.8) is 0 Å². The van der Waals surface area contributed by atoms with Crippen molar-refractivity contribution in [3.8, 4) is 5.75 Å². The smallest absolute Gasteiger partial charge is 0.119 e. The average Bonchev–Trinajstić information content (AvgIpc) is 2.80. The van der Waals surface area contributed by atoms with Crippen LogP contribution >= 0.6 is 0 Å². The minimum Gasteiger partial charge on any atom is -0.490 e. The van der Waals surface area contributed by atoms with Crippen LogP contribution in [0.5, 0.6) is 5.75 Å². The largest absolute Gasteiger partial charge is 0.490 e. The first kappa shape index (κ1) is 22.2. The summed E-state index contributed by atoms with van der Waals surface area (Å²) in [5.41, 5.74) is 2.88. The Labute approximate surface area is 183 Å². The fourth-order valence-electron chi connectivity index (χ4n) is 4.55. The molecule has 2 aromatic carbocycles. The minimum atomic E-state index is -1.38. The summed E-state index contributed by atoms with van der Waals surface area (Å²) in [5, 5.41) is 39.9. The van der Waals surface area contributed by atoms with Gasteiger partial charge in [0.1, 0.15) is 36.3 Å². The zero-order valence-corrected chi connectivity index (χ0v) is 17.6. The normalized spacial score (nSPS) is 29.6. The van der Waals surface area contributed by atoms with Crippen LogP contribution in [0.15, 0.2) is 48.5 Å². The molecule has 5 atom stereocenters. The lowest BCUT2D eigenvalue weighted by molar-refractivity contribution is -0.231. The van der Waals surface area contributed by atoms with E-state index in [2.05, 4.69) is 12.1 Å². The van der Waals surface area contributed by atoms with E-state index >= 15 is 0 Å². The van der Waals surface area contributed by atoms with Gasteiger partial charge in [0.2, 0.25) is 0 Å². The first-order valence-electron chi connectivity index (χ1n) is 11.2. The standard InChI is InChI=1S/C25H32O6/c26-15-21-22(27)23(28)24(29)25(31-21)18-6-4-5-17(14-18)13-16-9-11-20(12-10-16)30-19-7-2-1-3-8-19/h4-6,9-12,14,19,21-29H,1-3,7-8,13,15H2/t21-,22-,23+,24-,25+/m1/s1. The number of aliphatic hydroxyl groups excluding tert-OH is 4. The van der Waals surface area contributed by atoms with Crippen molar-refractivity contribution >= 4 is 0 Å². The fraction of sp³-hybridized carbons (Fsp3) is 0.520. The van der Waals surface area contributed by atoms with E-state index in [9.17, 15) is 20.4 Å². The van der Waals surface area contributed by atoms with Gasteiger partial charge in [0.25, 0.3) is 0 Å². The van der Waals surface area contributed by atoms with Gasteiger partial charge in [-0.1, -0.05) is 42.8 Å². The minimum absolute atomic E-state index is 0.329. The molecule has 2 aromatic rings. The Balaban J connectivity index is 1.42. The Morgan fingerprint density at radius 1 is 0.839 bits per heavy atom. The van der Waals surface area contributed by atoms with Crippen molar-refractivity contribution < 1.29 is 29.9 Å². The molecular weight excluding hydrogens is 396 g/mol. The molecule has 6 nitrogen and oxygen atoms in total. The summed E-state index contributed by atoms with van der Waals surface area (Å²) in [7, 11) is 0. The monoisotopic (exact) mass is 428 g/mol. The molecule has 1 saturated heterocycles. The zero-order chi connectivity index (χ0) is 21.8. The maximum absolute atomic E-state index is 10.4. The molecule has 1 aliphatic carbocycles. The predicted octanol–water partition coefficient (Wildman–Crippen LogP) is 2.50. The van der Waals surface area contributed by atoms with E-state index in [1.165, 1.54) is 19.3 Å². The van der Waals surface area contributed by atoms with Crippen molar-refractivity contribution in [1.29, 1.82) is 0 Å². The maximum atomic E-state index is 10.4. The van der Waals surface area contributed by atoms with Crippen LogP contribution in [0.2, 0.25) is 0 Å². The Bertz CT molecular complexity index is 830. The van der Waals surface area contributed by atoms with Gasteiger partial charge >= 0.3 is 0 Å². The van der Waals surface area contributed by atoms with Gasteiger partial charge in [-0.2, -0.15) is 0 Å². The molecule has 0 aromatic heterocycles. The number of ether oxygens (including phenoxy) is 2. The first-order chi connectivity index (χ1) is 15.0. The molecule has 2 aliphatic rings. The van der Waals surface area contributed by atoms with Gasteiger partial charge in [-0.05, 0) is 60.9 Å². The second-order valence-electron chi connectivity index (χ2n) is 8.69. The lowest BCUT2D eigenvalue weighted by atomic mass is 9.90. The lowest BCUT2D eigenvalue weighted by Crippen LogP contribution is -2.55. The average molecular weight is 429 g/mol. The molecule has 0 amide bonds. The number of hydrogen-bond donors (Lipinski definition) is 4. The molecule has 4 N–H and O–H groups in total. The SMILES string of the molecule is OC[C@H]1O[C@@H](c2cccc(Cc3ccc(OC4CCCCC4)cc3)c2)[C@H](O)[C@@H](O)[C@@H]1O. The molecule has 2 fully saturated rings. The first-order valence-corrected chi connectivity index (χ1v) is 11.2. The summed E-state index contributed by atoms with van der Waals surface area (Å²) in [6.07, 6.45) is 1.35. The highest BCUT2D eigenvalue weighted by atomic mass is 16.5. The van der Waals surface area contributed by atoms with Crippen LogP contribution in [-0.4, -0.2) is 57.6 Å². The van der Waals surface area contributed by atoms with Gasteiger partial charge in [0, 0.05) is 0 Å². The van der Waals surface area contributed by atoms with Crippen LogP contribution in [-0.2, 0) is 11.2 Å². The van der Waals surface area contributed by atoms with E-state index < -0.39 is 37.1 Å². The highest BCUT2D eigenvalue weighted by molar-refractivity contribution is 5.34. The van der Waals surface area contributed by atoms with Crippen LogP contribution in [0.25, 0.3) is 0 Å². The molecule has 1 saturated carbocycles. The summed E-state index contributed by atoms with van der Waals surface area (Å²) in [5.74, 6) is 0.908.